The molecular formula is C45H74O19. The molecule has 4 saturated carbocycles. The first-order valence-electron chi connectivity index (χ1n) is 23.5. The predicted molar refractivity (Wildman–Crippen MR) is 219 cm³/mol. The quantitative estimate of drug-likeness (QED) is 0.0712. The zero-order chi connectivity index (χ0) is 46.2. The zero-order valence-corrected chi connectivity index (χ0v) is 37.1. The SMILES string of the molecule is C=C(CC[C@@]1(O)O[C@H]2C[C@H]3[C@@H]4CC[C@@H]5C[C@@H](O[C@@H]6O[C@H](CO)[C@H](O)[C@H](O)[C@H]6O[C@@H]6O[C@H](CO)[C@@H](O)[C@H](O)[C@H]6O)CC[C@]5(C)[C@H]4CC[C@]3(C)[C@H]2[C@@H]1C)CO[C@@H]1O[C@H](CO)[C@@H](O)[C@H](O)[C@H]1O. The first-order chi connectivity index (χ1) is 30.3. The van der Waals surface area contributed by atoms with E-state index in [1.54, 1.807) is 0 Å². The fourth-order valence-corrected chi connectivity index (χ4v) is 14.0. The molecule has 8 aliphatic rings. The van der Waals surface area contributed by atoms with Crippen molar-refractivity contribution in [3.05, 3.63) is 12.2 Å². The summed E-state index contributed by atoms with van der Waals surface area (Å²) in [5.74, 6) is 0.404. The Morgan fingerprint density at radius 2 is 1.22 bits per heavy atom. The first-order valence-corrected chi connectivity index (χ1v) is 23.5. The van der Waals surface area contributed by atoms with Crippen molar-refractivity contribution in [3.8, 4) is 0 Å². The summed E-state index contributed by atoms with van der Waals surface area (Å²) in [6.45, 7) is 9.14. The number of aliphatic hydroxyl groups excluding tert-OH is 11. The van der Waals surface area contributed by atoms with Crippen LogP contribution in [0, 0.1) is 46.3 Å². The first kappa shape index (κ1) is 49.4. The highest BCUT2D eigenvalue weighted by Crippen LogP contribution is 2.71. The summed E-state index contributed by atoms with van der Waals surface area (Å²) in [6.07, 6.45) is -14.4. The predicted octanol–water partition coefficient (Wildman–Crippen LogP) is -1.86. The molecule has 368 valence electrons. The molecule has 26 atom stereocenters. The van der Waals surface area contributed by atoms with E-state index in [-0.39, 0.29) is 41.5 Å². The Kier molecular flexibility index (Phi) is 14.7. The second-order valence-corrected chi connectivity index (χ2v) is 21.0. The minimum atomic E-state index is -1.75. The Hall–Kier alpha value is -1.02. The van der Waals surface area contributed by atoms with Crippen molar-refractivity contribution in [1.82, 2.24) is 0 Å². The lowest BCUT2D eigenvalue weighted by atomic mass is 9.44. The topological polar surface area (TPSA) is 307 Å². The molecule has 4 aliphatic carbocycles. The highest BCUT2D eigenvalue weighted by atomic mass is 16.8. The highest BCUT2D eigenvalue weighted by molar-refractivity contribution is 5.15. The van der Waals surface area contributed by atoms with E-state index < -0.39 is 118 Å². The molecule has 0 spiro atoms. The number of hydrogen-bond donors (Lipinski definition) is 12. The van der Waals surface area contributed by atoms with Gasteiger partial charge < -0.3 is 94.4 Å². The monoisotopic (exact) mass is 918 g/mol. The number of aliphatic hydroxyl groups is 12. The van der Waals surface area contributed by atoms with Gasteiger partial charge in [0.25, 0.3) is 0 Å². The van der Waals surface area contributed by atoms with Gasteiger partial charge in [0.05, 0.1) is 38.6 Å². The second-order valence-electron chi connectivity index (χ2n) is 21.0. The average molecular weight is 919 g/mol. The minimum Gasteiger partial charge on any atom is -0.394 e. The van der Waals surface area contributed by atoms with Crippen LogP contribution in [-0.2, 0) is 33.2 Å². The number of fused-ring (bicyclic) bond motifs is 7. The Morgan fingerprint density at radius 3 is 1.86 bits per heavy atom. The molecule has 4 aliphatic heterocycles. The van der Waals surface area contributed by atoms with Crippen molar-refractivity contribution in [2.75, 3.05) is 26.4 Å². The molecule has 4 saturated heterocycles. The highest BCUT2D eigenvalue weighted by Gasteiger charge is 2.68. The van der Waals surface area contributed by atoms with E-state index in [1.807, 2.05) is 0 Å². The van der Waals surface area contributed by atoms with Crippen LogP contribution in [-0.4, -0.2) is 198 Å². The number of rotatable bonds is 13. The maximum Gasteiger partial charge on any atom is 0.187 e. The van der Waals surface area contributed by atoms with Crippen molar-refractivity contribution >= 4 is 0 Å². The van der Waals surface area contributed by atoms with Gasteiger partial charge in [-0.15, -0.1) is 0 Å². The van der Waals surface area contributed by atoms with Crippen LogP contribution in [0.3, 0.4) is 0 Å². The number of ether oxygens (including phenoxy) is 7. The molecule has 0 aromatic heterocycles. The van der Waals surface area contributed by atoms with Crippen molar-refractivity contribution < 1.29 is 94.4 Å². The van der Waals surface area contributed by atoms with Crippen LogP contribution in [0.2, 0.25) is 0 Å². The molecule has 0 amide bonds. The van der Waals surface area contributed by atoms with Gasteiger partial charge in [-0.2, -0.15) is 0 Å². The van der Waals surface area contributed by atoms with E-state index in [0.717, 1.165) is 38.5 Å². The molecule has 8 fully saturated rings. The molecule has 19 nitrogen and oxygen atoms in total. The Morgan fingerprint density at radius 1 is 0.641 bits per heavy atom. The molecule has 0 bridgehead atoms. The van der Waals surface area contributed by atoms with Gasteiger partial charge in [0, 0.05) is 12.3 Å². The van der Waals surface area contributed by atoms with E-state index in [2.05, 4.69) is 27.4 Å². The standard InChI is InChI=1S/C45H74O19/c1-19(18-58-40-37(55)34(52)31(49)27(15-46)60-40)7-12-45(57)20(2)30-26(64-45)14-25-23-6-5-21-13-22(8-10-43(21,3)24(23)9-11-44(25,30)4)59-42-39(36(54)33(51)29(17-48)62-42)63-41-38(56)35(53)32(50)28(16-47)61-41/h20-42,46-57H,1,5-18H2,2-4H3/t20-,21+,22-,23+,24-,25-,26-,27+,28+,29+,30-,31+,32+,33-,34-,35-,36-,37+,38+,39+,40+,41-,42+,43-,44-,45+/m0/s1. The number of hydrogen-bond acceptors (Lipinski definition) is 19. The van der Waals surface area contributed by atoms with Crippen LogP contribution in [0.25, 0.3) is 0 Å². The largest absolute Gasteiger partial charge is 0.394 e. The van der Waals surface area contributed by atoms with Crippen molar-refractivity contribution in [1.29, 1.82) is 0 Å². The summed E-state index contributed by atoms with van der Waals surface area (Å²) in [4.78, 5) is 0. The van der Waals surface area contributed by atoms with Gasteiger partial charge in [0.15, 0.2) is 24.7 Å². The zero-order valence-electron chi connectivity index (χ0n) is 37.1. The Balaban J connectivity index is 0.870. The fourth-order valence-electron chi connectivity index (χ4n) is 14.0. The lowest BCUT2D eigenvalue weighted by Crippen LogP contribution is -2.65. The maximum absolute atomic E-state index is 12.0. The molecule has 19 heteroatoms. The smallest absolute Gasteiger partial charge is 0.187 e. The molecule has 0 aromatic carbocycles. The van der Waals surface area contributed by atoms with Crippen LogP contribution in [0.1, 0.15) is 85.0 Å². The summed E-state index contributed by atoms with van der Waals surface area (Å²) in [5.41, 5.74) is 0.646. The Labute approximate surface area is 373 Å². The van der Waals surface area contributed by atoms with Gasteiger partial charge in [-0.05, 0) is 98.2 Å². The van der Waals surface area contributed by atoms with E-state index in [1.165, 1.54) is 0 Å². The molecule has 0 aromatic rings. The molecule has 8 rings (SSSR count). The normalized spacial score (nSPS) is 55.0. The summed E-state index contributed by atoms with van der Waals surface area (Å²) in [7, 11) is 0. The molecule has 4 heterocycles. The van der Waals surface area contributed by atoms with Gasteiger partial charge in [0.1, 0.15) is 73.2 Å². The summed E-state index contributed by atoms with van der Waals surface area (Å²) in [6, 6.07) is 0. The van der Waals surface area contributed by atoms with Crippen LogP contribution in [0.5, 0.6) is 0 Å². The third kappa shape index (κ3) is 8.57. The summed E-state index contributed by atoms with van der Waals surface area (Å²) < 4.78 is 41.8. The van der Waals surface area contributed by atoms with Crippen LogP contribution >= 0.6 is 0 Å². The lowest BCUT2D eigenvalue weighted by Gasteiger charge is -2.61. The minimum absolute atomic E-state index is 0.0224. The van der Waals surface area contributed by atoms with Gasteiger partial charge >= 0.3 is 0 Å². The second kappa shape index (κ2) is 19.1. The average Bonchev–Trinajstić information content (AvgIpc) is 3.71. The van der Waals surface area contributed by atoms with Gasteiger partial charge in [-0.3, -0.25) is 0 Å². The van der Waals surface area contributed by atoms with Crippen LogP contribution in [0.4, 0.5) is 0 Å². The summed E-state index contributed by atoms with van der Waals surface area (Å²) >= 11 is 0. The lowest BCUT2D eigenvalue weighted by molar-refractivity contribution is -0.373. The van der Waals surface area contributed by atoms with Crippen molar-refractivity contribution in [3.63, 3.8) is 0 Å². The van der Waals surface area contributed by atoms with Crippen molar-refractivity contribution in [2.45, 2.75) is 195 Å². The molecule has 64 heavy (non-hydrogen) atoms. The molecule has 0 unspecified atom stereocenters. The maximum atomic E-state index is 12.0. The van der Waals surface area contributed by atoms with Crippen LogP contribution < -0.4 is 0 Å². The van der Waals surface area contributed by atoms with Gasteiger partial charge in [-0.25, -0.2) is 0 Å². The molecule has 12 N–H and O–H groups in total. The van der Waals surface area contributed by atoms with Crippen LogP contribution in [0.15, 0.2) is 12.2 Å². The summed E-state index contributed by atoms with van der Waals surface area (Å²) in [5, 5.41) is 125. The molecular weight excluding hydrogens is 844 g/mol. The van der Waals surface area contributed by atoms with Gasteiger partial charge in [-0.1, -0.05) is 32.9 Å². The van der Waals surface area contributed by atoms with Crippen molar-refractivity contribution in [2.24, 2.45) is 46.3 Å². The van der Waals surface area contributed by atoms with E-state index in [9.17, 15) is 61.3 Å². The fraction of sp³-hybridized carbons (Fsp3) is 0.956. The van der Waals surface area contributed by atoms with E-state index in [4.69, 9.17) is 33.2 Å². The Bertz CT molecular complexity index is 1610. The molecule has 0 radical (unpaired) electrons. The van der Waals surface area contributed by atoms with E-state index in [0.29, 0.717) is 54.9 Å². The third-order valence-electron chi connectivity index (χ3n) is 17.7. The van der Waals surface area contributed by atoms with E-state index >= 15 is 0 Å². The third-order valence-corrected chi connectivity index (χ3v) is 17.7. The van der Waals surface area contributed by atoms with Gasteiger partial charge in [0.2, 0.25) is 0 Å².